The predicted molar refractivity (Wildman–Crippen MR) is 79.0 cm³/mol. The fraction of sp³-hybridized carbons (Fsp3) is 0.200. The van der Waals surface area contributed by atoms with E-state index in [2.05, 4.69) is 27.4 Å². The van der Waals surface area contributed by atoms with Crippen LogP contribution in [0, 0.1) is 0 Å². The van der Waals surface area contributed by atoms with Crippen LogP contribution < -0.4 is 5.32 Å². The first-order valence-electron chi connectivity index (χ1n) is 6.63. The first-order chi connectivity index (χ1) is 9.84. The predicted octanol–water partition coefficient (Wildman–Crippen LogP) is 2.26. The Morgan fingerprint density at radius 1 is 1.05 bits per heavy atom. The van der Waals surface area contributed by atoms with E-state index in [1.165, 1.54) is 0 Å². The minimum atomic E-state index is 0.800. The van der Waals surface area contributed by atoms with Crippen LogP contribution in [0.25, 0.3) is 5.69 Å². The SMILES string of the molecule is Cn1ccnc1CCNc1nccn1-c1ccccc1. The largest absolute Gasteiger partial charge is 0.355 e. The molecule has 1 N–H and O–H groups in total. The molecule has 0 saturated heterocycles. The van der Waals surface area contributed by atoms with Crippen molar-refractivity contribution in [3.05, 3.63) is 60.9 Å². The lowest BCUT2D eigenvalue weighted by Crippen LogP contribution is -2.11. The lowest BCUT2D eigenvalue weighted by molar-refractivity contribution is 0.786. The minimum Gasteiger partial charge on any atom is -0.355 e. The van der Waals surface area contributed by atoms with Crippen molar-refractivity contribution in [2.24, 2.45) is 7.05 Å². The Morgan fingerprint density at radius 3 is 2.60 bits per heavy atom. The molecular weight excluding hydrogens is 250 g/mol. The standard InChI is InChI=1S/C15H17N5/c1-19-11-9-16-14(19)7-8-17-15-18-10-12-20(15)13-5-3-2-4-6-13/h2-6,9-12H,7-8H2,1H3,(H,17,18). The minimum absolute atomic E-state index is 0.800. The second kappa shape index (κ2) is 5.61. The Hall–Kier alpha value is -2.56. The van der Waals surface area contributed by atoms with Gasteiger partial charge in [0, 0.05) is 50.5 Å². The van der Waals surface area contributed by atoms with Crippen LogP contribution in [-0.4, -0.2) is 25.6 Å². The highest BCUT2D eigenvalue weighted by Gasteiger charge is 2.04. The van der Waals surface area contributed by atoms with Gasteiger partial charge in [0.15, 0.2) is 0 Å². The summed E-state index contributed by atoms with van der Waals surface area (Å²) in [5.41, 5.74) is 1.10. The smallest absolute Gasteiger partial charge is 0.207 e. The fourth-order valence-electron chi connectivity index (χ4n) is 2.15. The zero-order chi connectivity index (χ0) is 13.8. The van der Waals surface area contributed by atoms with Gasteiger partial charge in [0.2, 0.25) is 5.95 Å². The van der Waals surface area contributed by atoms with Crippen molar-refractivity contribution in [2.45, 2.75) is 6.42 Å². The second-order valence-corrected chi connectivity index (χ2v) is 4.59. The summed E-state index contributed by atoms with van der Waals surface area (Å²) in [6.07, 6.45) is 8.40. The molecule has 3 aromatic rings. The van der Waals surface area contributed by atoms with Gasteiger partial charge in [0.1, 0.15) is 5.82 Å². The maximum Gasteiger partial charge on any atom is 0.207 e. The number of para-hydroxylation sites is 1. The molecule has 0 bridgehead atoms. The van der Waals surface area contributed by atoms with Crippen LogP contribution in [0.15, 0.2) is 55.1 Å². The van der Waals surface area contributed by atoms with Crippen molar-refractivity contribution < 1.29 is 0 Å². The molecule has 0 fully saturated rings. The summed E-state index contributed by atoms with van der Waals surface area (Å²) in [7, 11) is 2.01. The number of nitrogens with one attached hydrogen (secondary N) is 1. The molecule has 2 aromatic heterocycles. The highest BCUT2D eigenvalue weighted by Crippen LogP contribution is 2.13. The summed E-state index contributed by atoms with van der Waals surface area (Å²) in [4.78, 5) is 8.67. The first kappa shape index (κ1) is 12.5. The van der Waals surface area contributed by atoms with E-state index in [0.717, 1.165) is 30.4 Å². The third kappa shape index (κ3) is 2.56. The molecule has 5 heteroatoms. The summed E-state index contributed by atoms with van der Waals surface area (Å²) in [5, 5.41) is 3.36. The van der Waals surface area contributed by atoms with Gasteiger partial charge in [-0.2, -0.15) is 0 Å². The average Bonchev–Trinajstić information content (AvgIpc) is 3.10. The van der Waals surface area contributed by atoms with Gasteiger partial charge < -0.3 is 9.88 Å². The Morgan fingerprint density at radius 2 is 1.85 bits per heavy atom. The van der Waals surface area contributed by atoms with Crippen LogP contribution in [0.1, 0.15) is 5.82 Å². The van der Waals surface area contributed by atoms with E-state index < -0.39 is 0 Å². The number of nitrogens with zero attached hydrogens (tertiary/aromatic N) is 4. The molecule has 0 amide bonds. The number of rotatable bonds is 5. The van der Waals surface area contributed by atoms with E-state index in [1.54, 1.807) is 6.20 Å². The highest BCUT2D eigenvalue weighted by molar-refractivity contribution is 5.41. The van der Waals surface area contributed by atoms with Crippen LogP contribution in [0.4, 0.5) is 5.95 Å². The van der Waals surface area contributed by atoms with Crippen LogP contribution in [0.2, 0.25) is 0 Å². The lowest BCUT2D eigenvalue weighted by Gasteiger charge is -2.09. The van der Waals surface area contributed by atoms with Crippen LogP contribution in [0.3, 0.4) is 0 Å². The van der Waals surface area contributed by atoms with Gasteiger partial charge in [0.25, 0.3) is 0 Å². The van der Waals surface area contributed by atoms with Gasteiger partial charge >= 0.3 is 0 Å². The van der Waals surface area contributed by atoms with Crippen LogP contribution in [0.5, 0.6) is 0 Å². The molecule has 0 spiro atoms. The highest BCUT2D eigenvalue weighted by atomic mass is 15.2. The Kier molecular flexibility index (Phi) is 3.50. The van der Waals surface area contributed by atoms with Gasteiger partial charge in [0.05, 0.1) is 0 Å². The maximum absolute atomic E-state index is 4.36. The molecule has 3 rings (SSSR count). The zero-order valence-corrected chi connectivity index (χ0v) is 11.4. The summed E-state index contributed by atoms with van der Waals surface area (Å²) in [6, 6.07) is 10.2. The van der Waals surface area contributed by atoms with Crippen molar-refractivity contribution in [1.29, 1.82) is 0 Å². The van der Waals surface area contributed by atoms with Crippen molar-refractivity contribution in [2.75, 3.05) is 11.9 Å². The van der Waals surface area contributed by atoms with Crippen molar-refractivity contribution >= 4 is 5.95 Å². The van der Waals surface area contributed by atoms with E-state index in [9.17, 15) is 0 Å². The van der Waals surface area contributed by atoms with Gasteiger partial charge in [-0.3, -0.25) is 4.57 Å². The number of hydrogen-bond donors (Lipinski definition) is 1. The normalized spacial score (nSPS) is 10.7. The van der Waals surface area contributed by atoms with Crippen molar-refractivity contribution in [3.63, 3.8) is 0 Å². The molecule has 0 atom stereocenters. The summed E-state index contributed by atoms with van der Waals surface area (Å²) >= 11 is 0. The maximum atomic E-state index is 4.36. The molecule has 0 radical (unpaired) electrons. The van der Waals surface area contributed by atoms with Gasteiger partial charge in [-0.25, -0.2) is 9.97 Å². The van der Waals surface area contributed by atoms with E-state index in [-0.39, 0.29) is 0 Å². The quantitative estimate of drug-likeness (QED) is 0.771. The Balaban J connectivity index is 1.67. The number of benzene rings is 1. The lowest BCUT2D eigenvalue weighted by atomic mass is 10.3. The molecule has 0 aliphatic carbocycles. The molecule has 0 unspecified atom stereocenters. The number of aryl methyl sites for hydroxylation is 1. The molecule has 5 nitrogen and oxygen atoms in total. The van der Waals surface area contributed by atoms with E-state index >= 15 is 0 Å². The van der Waals surface area contributed by atoms with Crippen molar-refractivity contribution in [1.82, 2.24) is 19.1 Å². The number of hydrogen-bond acceptors (Lipinski definition) is 3. The molecule has 1 aromatic carbocycles. The second-order valence-electron chi connectivity index (χ2n) is 4.59. The topological polar surface area (TPSA) is 47.7 Å². The van der Waals surface area contributed by atoms with Gasteiger partial charge in [-0.15, -0.1) is 0 Å². The Bertz CT molecular complexity index is 668. The van der Waals surface area contributed by atoms with E-state index in [1.807, 2.05) is 53.0 Å². The summed E-state index contributed by atoms with van der Waals surface area (Å²) < 4.78 is 4.07. The Labute approximate surface area is 117 Å². The molecular formula is C15H17N5. The first-order valence-corrected chi connectivity index (χ1v) is 6.63. The van der Waals surface area contributed by atoms with Crippen LogP contribution >= 0.6 is 0 Å². The fourth-order valence-corrected chi connectivity index (χ4v) is 2.15. The molecule has 2 heterocycles. The molecule has 102 valence electrons. The third-order valence-electron chi connectivity index (χ3n) is 3.23. The van der Waals surface area contributed by atoms with E-state index in [0.29, 0.717) is 0 Å². The monoisotopic (exact) mass is 267 g/mol. The summed E-state index contributed by atoms with van der Waals surface area (Å²) in [6.45, 7) is 0.800. The van der Waals surface area contributed by atoms with E-state index in [4.69, 9.17) is 0 Å². The number of anilines is 1. The average molecular weight is 267 g/mol. The molecule has 0 aliphatic heterocycles. The van der Waals surface area contributed by atoms with Gasteiger partial charge in [-0.05, 0) is 12.1 Å². The van der Waals surface area contributed by atoms with Gasteiger partial charge in [-0.1, -0.05) is 18.2 Å². The number of aromatic nitrogens is 4. The molecule has 0 aliphatic rings. The third-order valence-corrected chi connectivity index (χ3v) is 3.23. The molecule has 0 saturated carbocycles. The van der Waals surface area contributed by atoms with Crippen molar-refractivity contribution in [3.8, 4) is 5.69 Å². The summed E-state index contributed by atoms with van der Waals surface area (Å²) in [5.74, 6) is 1.92. The number of imidazole rings is 2. The molecule has 20 heavy (non-hydrogen) atoms. The van der Waals surface area contributed by atoms with Crippen LogP contribution in [-0.2, 0) is 13.5 Å². The zero-order valence-electron chi connectivity index (χ0n) is 11.4.